The minimum absolute atomic E-state index is 0.0554. The van der Waals surface area contributed by atoms with E-state index in [0.29, 0.717) is 25.1 Å². The van der Waals surface area contributed by atoms with Gasteiger partial charge < -0.3 is 15.2 Å². The van der Waals surface area contributed by atoms with Gasteiger partial charge in [0.05, 0.1) is 24.7 Å². The number of aliphatic hydroxyl groups is 1. The predicted octanol–water partition coefficient (Wildman–Crippen LogP) is 2.63. The van der Waals surface area contributed by atoms with Gasteiger partial charge in [-0.2, -0.15) is 0 Å². The van der Waals surface area contributed by atoms with Gasteiger partial charge in [-0.3, -0.25) is 4.79 Å². The molecule has 1 fully saturated rings. The van der Waals surface area contributed by atoms with Crippen molar-refractivity contribution in [1.29, 1.82) is 0 Å². The molecule has 3 rings (SSSR count). The van der Waals surface area contributed by atoms with E-state index in [4.69, 9.17) is 4.74 Å². The zero-order chi connectivity index (χ0) is 22.3. The van der Waals surface area contributed by atoms with Crippen molar-refractivity contribution in [2.24, 2.45) is 11.8 Å². The summed E-state index contributed by atoms with van der Waals surface area (Å²) in [5.74, 6) is 0.624. The molecule has 0 radical (unpaired) electrons. The number of hydrogen-bond donors (Lipinski definition) is 3. The fourth-order valence-electron chi connectivity index (χ4n) is 3.90. The molecule has 0 heterocycles. The Morgan fingerprint density at radius 2 is 1.71 bits per heavy atom. The summed E-state index contributed by atoms with van der Waals surface area (Å²) in [5, 5.41) is 12.6. The van der Waals surface area contributed by atoms with Crippen LogP contribution in [0.15, 0.2) is 59.5 Å². The van der Waals surface area contributed by atoms with Crippen LogP contribution < -0.4 is 14.8 Å². The molecule has 0 aliphatic heterocycles. The van der Waals surface area contributed by atoms with Gasteiger partial charge >= 0.3 is 0 Å². The number of amides is 1. The molecule has 7 nitrogen and oxygen atoms in total. The lowest BCUT2D eigenvalue weighted by Gasteiger charge is -2.29. The van der Waals surface area contributed by atoms with Crippen LogP contribution in [0.1, 0.15) is 37.3 Å². The second-order valence-corrected chi connectivity index (χ2v) is 9.67. The van der Waals surface area contributed by atoms with Crippen molar-refractivity contribution in [1.82, 2.24) is 10.0 Å². The highest BCUT2D eigenvalue weighted by Crippen LogP contribution is 2.29. The summed E-state index contributed by atoms with van der Waals surface area (Å²) in [6.07, 6.45) is 2.96. The third-order valence-corrected chi connectivity index (χ3v) is 7.29. The van der Waals surface area contributed by atoms with E-state index in [9.17, 15) is 18.3 Å². The molecule has 8 heteroatoms. The summed E-state index contributed by atoms with van der Waals surface area (Å²) in [7, 11) is -2.05. The van der Waals surface area contributed by atoms with Crippen LogP contribution in [0.25, 0.3) is 0 Å². The third-order valence-electron chi connectivity index (χ3n) is 5.85. The minimum Gasteiger partial charge on any atom is -0.497 e. The first-order chi connectivity index (χ1) is 14.9. The van der Waals surface area contributed by atoms with Crippen LogP contribution in [0.2, 0.25) is 0 Å². The maximum atomic E-state index is 12.7. The Bertz CT molecular complexity index is 940. The molecular formula is C23H30N2O5S. The number of benzene rings is 2. The Hall–Kier alpha value is -2.42. The van der Waals surface area contributed by atoms with Crippen molar-refractivity contribution in [2.75, 3.05) is 20.3 Å². The van der Waals surface area contributed by atoms with Crippen LogP contribution in [-0.2, 0) is 14.8 Å². The Labute approximate surface area is 183 Å². The SMILES string of the molecule is COc1ccc(S(=O)(=O)NCC2CCC(C(=O)N[C@@H](CO)c3ccccc3)CC2)cc1. The molecule has 3 N–H and O–H groups in total. The van der Waals surface area contributed by atoms with Crippen molar-refractivity contribution < 1.29 is 23.1 Å². The minimum atomic E-state index is -3.58. The lowest BCUT2D eigenvalue weighted by atomic mass is 9.81. The molecule has 0 saturated heterocycles. The molecule has 1 aliphatic carbocycles. The molecular weight excluding hydrogens is 416 g/mol. The second-order valence-electron chi connectivity index (χ2n) is 7.90. The van der Waals surface area contributed by atoms with Crippen LogP contribution in [0.5, 0.6) is 5.75 Å². The molecule has 0 bridgehead atoms. The van der Waals surface area contributed by atoms with E-state index >= 15 is 0 Å². The van der Waals surface area contributed by atoms with Crippen molar-refractivity contribution >= 4 is 15.9 Å². The standard InChI is InChI=1S/C23H30N2O5S/c1-30-20-11-13-21(14-12-20)31(28,29)24-15-17-7-9-19(10-8-17)23(27)25-22(16-26)18-5-3-2-4-6-18/h2-6,11-14,17,19,22,24,26H,7-10,15-16H2,1H3,(H,25,27)/t17?,19?,22-/m0/s1. The summed E-state index contributed by atoms with van der Waals surface area (Å²) in [5.41, 5.74) is 0.875. The first-order valence-corrected chi connectivity index (χ1v) is 12.0. The molecule has 0 spiro atoms. The number of nitrogens with one attached hydrogen (secondary N) is 2. The second kappa shape index (κ2) is 10.7. The zero-order valence-corrected chi connectivity index (χ0v) is 18.5. The van der Waals surface area contributed by atoms with Gasteiger partial charge in [0, 0.05) is 12.5 Å². The van der Waals surface area contributed by atoms with Crippen LogP contribution in [0, 0.1) is 11.8 Å². The van der Waals surface area contributed by atoms with Crippen LogP contribution >= 0.6 is 0 Å². The predicted molar refractivity (Wildman–Crippen MR) is 118 cm³/mol. The van der Waals surface area contributed by atoms with Crippen molar-refractivity contribution in [3.63, 3.8) is 0 Å². The number of aliphatic hydroxyl groups excluding tert-OH is 1. The average Bonchev–Trinajstić information content (AvgIpc) is 2.82. The molecule has 1 saturated carbocycles. The van der Waals surface area contributed by atoms with Gasteiger partial charge in [0.15, 0.2) is 0 Å². The van der Waals surface area contributed by atoms with Gasteiger partial charge in [0.25, 0.3) is 0 Å². The van der Waals surface area contributed by atoms with E-state index in [2.05, 4.69) is 10.0 Å². The van der Waals surface area contributed by atoms with Gasteiger partial charge in [-0.1, -0.05) is 30.3 Å². The summed E-state index contributed by atoms with van der Waals surface area (Å²) in [4.78, 5) is 12.9. The lowest BCUT2D eigenvalue weighted by molar-refractivity contribution is -0.127. The maximum absolute atomic E-state index is 12.7. The Morgan fingerprint density at radius 1 is 1.06 bits per heavy atom. The quantitative estimate of drug-likeness (QED) is 0.549. The van der Waals surface area contributed by atoms with Gasteiger partial charge in [-0.05, 0) is 61.4 Å². The molecule has 0 aromatic heterocycles. The maximum Gasteiger partial charge on any atom is 0.240 e. The van der Waals surface area contributed by atoms with Crippen LogP contribution in [0.3, 0.4) is 0 Å². The Morgan fingerprint density at radius 3 is 2.29 bits per heavy atom. The molecule has 2 aromatic rings. The topological polar surface area (TPSA) is 105 Å². The monoisotopic (exact) mass is 446 g/mol. The molecule has 2 aromatic carbocycles. The summed E-state index contributed by atoms with van der Waals surface area (Å²) in [6, 6.07) is 15.3. The van der Waals surface area contributed by atoms with E-state index < -0.39 is 16.1 Å². The molecule has 31 heavy (non-hydrogen) atoms. The number of carbonyl (C=O) groups excluding carboxylic acids is 1. The largest absolute Gasteiger partial charge is 0.497 e. The summed E-state index contributed by atoms with van der Waals surface area (Å²) < 4.78 is 32.7. The smallest absolute Gasteiger partial charge is 0.240 e. The fourth-order valence-corrected chi connectivity index (χ4v) is 5.02. The average molecular weight is 447 g/mol. The Balaban J connectivity index is 1.47. The zero-order valence-electron chi connectivity index (χ0n) is 17.7. The molecule has 1 aliphatic rings. The van der Waals surface area contributed by atoms with Crippen molar-refractivity contribution in [3.8, 4) is 5.75 Å². The number of carbonyl (C=O) groups is 1. The molecule has 1 amide bonds. The fraction of sp³-hybridized carbons (Fsp3) is 0.435. The van der Waals surface area contributed by atoms with Gasteiger partial charge in [-0.15, -0.1) is 0 Å². The van der Waals surface area contributed by atoms with E-state index in [-0.39, 0.29) is 29.2 Å². The highest BCUT2D eigenvalue weighted by atomic mass is 32.2. The van der Waals surface area contributed by atoms with Crippen LogP contribution in [-0.4, -0.2) is 39.7 Å². The van der Waals surface area contributed by atoms with Gasteiger partial charge in [0.2, 0.25) is 15.9 Å². The van der Waals surface area contributed by atoms with Crippen LogP contribution in [0.4, 0.5) is 0 Å². The lowest BCUT2D eigenvalue weighted by Crippen LogP contribution is -2.38. The molecule has 168 valence electrons. The highest BCUT2D eigenvalue weighted by Gasteiger charge is 2.28. The summed E-state index contributed by atoms with van der Waals surface area (Å²) >= 11 is 0. The summed E-state index contributed by atoms with van der Waals surface area (Å²) in [6.45, 7) is 0.199. The van der Waals surface area contributed by atoms with E-state index in [1.165, 1.54) is 19.2 Å². The number of sulfonamides is 1. The van der Waals surface area contributed by atoms with Crippen molar-refractivity contribution in [2.45, 2.75) is 36.6 Å². The highest BCUT2D eigenvalue weighted by molar-refractivity contribution is 7.89. The Kier molecular flexibility index (Phi) is 8.06. The van der Waals surface area contributed by atoms with E-state index in [1.807, 2.05) is 30.3 Å². The number of hydrogen-bond acceptors (Lipinski definition) is 5. The van der Waals surface area contributed by atoms with E-state index in [1.54, 1.807) is 12.1 Å². The third kappa shape index (κ3) is 6.29. The first-order valence-electron chi connectivity index (χ1n) is 10.5. The van der Waals surface area contributed by atoms with Gasteiger partial charge in [0.1, 0.15) is 5.75 Å². The van der Waals surface area contributed by atoms with Crippen molar-refractivity contribution in [3.05, 3.63) is 60.2 Å². The molecule has 1 atom stereocenters. The van der Waals surface area contributed by atoms with Gasteiger partial charge in [-0.25, -0.2) is 13.1 Å². The van der Waals surface area contributed by atoms with E-state index in [0.717, 1.165) is 18.4 Å². The number of methoxy groups -OCH3 is 1. The number of rotatable bonds is 9. The normalized spacial score (nSPS) is 20.1. The number of ether oxygens (including phenoxy) is 1. The molecule has 0 unspecified atom stereocenters. The first kappa shape index (κ1) is 23.2.